The molecule has 1 aliphatic heterocycles. The number of carbonyl (C=O) groups is 2. The topological polar surface area (TPSA) is 103 Å². The Balaban J connectivity index is 1.51. The van der Waals surface area contributed by atoms with Crippen LogP contribution in [0.2, 0.25) is 0 Å². The molecule has 0 amide bonds. The number of aromatic hydroxyl groups is 1. The zero-order chi connectivity index (χ0) is 27.0. The predicted molar refractivity (Wildman–Crippen MR) is 145 cm³/mol. The van der Waals surface area contributed by atoms with Gasteiger partial charge in [0.1, 0.15) is 5.75 Å². The molecule has 4 aromatic rings. The van der Waals surface area contributed by atoms with Gasteiger partial charge in [0.2, 0.25) is 0 Å². The molecule has 3 aliphatic rings. The summed E-state index contributed by atoms with van der Waals surface area (Å²) >= 11 is 0. The van der Waals surface area contributed by atoms with E-state index in [0.717, 1.165) is 21.1 Å². The zero-order valence-electron chi connectivity index (χ0n) is 21.0. The number of carbonyl (C=O) groups excluding carboxylic acids is 2. The number of ketones is 2. The third-order valence-corrected chi connectivity index (χ3v) is 8.09. The maximum absolute atomic E-state index is 13.8. The van der Waals surface area contributed by atoms with Gasteiger partial charge < -0.3 is 5.11 Å². The molecule has 192 valence electrons. The number of phenolic OH excluding ortho intramolecular Hbond substituents is 1. The van der Waals surface area contributed by atoms with Crippen molar-refractivity contribution in [3.05, 3.63) is 128 Å². The summed E-state index contributed by atoms with van der Waals surface area (Å²) in [6.07, 6.45) is 3.39. The van der Waals surface area contributed by atoms with Gasteiger partial charge in [-0.05, 0) is 47.7 Å². The maximum atomic E-state index is 13.8. The molecule has 1 aromatic heterocycles. The molecule has 0 bridgehead atoms. The number of para-hydroxylation sites is 1. The largest absolute Gasteiger partial charge is 0.507 e. The second-order valence-corrected chi connectivity index (χ2v) is 10.2. The molecule has 0 radical (unpaired) electrons. The Morgan fingerprint density at radius 3 is 2.33 bits per heavy atom. The van der Waals surface area contributed by atoms with Gasteiger partial charge in [-0.3, -0.25) is 9.59 Å². The van der Waals surface area contributed by atoms with Gasteiger partial charge in [0.15, 0.2) is 11.6 Å². The smallest absolute Gasteiger partial charge is 0.352 e. The third-order valence-electron chi connectivity index (χ3n) is 8.09. The number of fused-ring (bicyclic) bond motifs is 4. The van der Waals surface area contributed by atoms with Crippen LogP contribution in [0.25, 0.3) is 16.5 Å². The van der Waals surface area contributed by atoms with Crippen molar-refractivity contribution in [3.63, 3.8) is 0 Å². The molecule has 0 spiro atoms. The Hall–Kier alpha value is -4.98. The van der Waals surface area contributed by atoms with Crippen molar-refractivity contribution in [3.8, 4) is 11.4 Å². The van der Waals surface area contributed by atoms with E-state index in [9.17, 15) is 24.3 Å². The fraction of sp³-hybridized carbons (Fsp3) is 0.161. The quantitative estimate of drug-likeness (QED) is 0.323. The van der Waals surface area contributed by atoms with E-state index in [-0.39, 0.29) is 30.3 Å². The summed E-state index contributed by atoms with van der Waals surface area (Å²) in [5, 5.41) is 11.9. The summed E-state index contributed by atoms with van der Waals surface area (Å²) in [6.45, 7) is 1.78. The molecular weight excluding hydrogens is 494 g/mol. The molecule has 39 heavy (non-hydrogen) atoms. The van der Waals surface area contributed by atoms with Crippen molar-refractivity contribution in [1.82, 2.24) is 13.9 Å². The van der Waals surface area contributed by atoms with Crippen molar-refractivity contribution in [2.24, 2.45) is 0 Å². The minimum Gasteiger partial charge on any atom is -0.507 e. The van der Waals surface area contributed by atoms with Crippen molar-refractivity contribution < 1.29 is 14.7 Å². The molecule has 0 fully saturated rings. The second-order valence-electron chi connectivity index (χ2n) is 10.2. The SMILES string of the molecule is CC1=CC(=O)C2=C(C1=O)[C@@H](c1ccc(O)c3ccccc13)C1=CCn3c(=O)n(-c4ccccc4)c(=O)n3[C@@H]1C2. The molecule has 2 heterocycles. The molecule has 0 saturated heterocycles. The van der Waals surface area contributed by atoms with E-state index in [1.807, 2.05) is 30.3 Å². The summed E-state index contributed by atoms with van der Waals surface area (Å²) in [4.78, 5) is 54.2. The van der Waals surface area contributed by atoms with Crippen LogP contribution in [0.3, 0.4) is 0 Å². The monoisotopic (exact) mass is 517 g/mol. The number of rotatable bonds is 2. The lowest BCUT2D eigenvalue weighted by atomic mass is 9.67. The number of Topliss-reactive ketones (excluding diaryl/α,β-unsaturated/α-hetero) is 1. The number of hydrogen-bond acceptors (Lipinski definition) is 5. The highest BCUT2D eigenvalue weighted by Crippen LogP contribution is 2.51. The van der Waals surface area contributed by atoms with E-state index in [1.165, 1.54) is 15.4 Å². The van der Waals surface area contributed by atoms with Crippen LogP contribution in [0.4, 0.5) is 0 Å². The molecule has 0 saturated carbocycles. The van der Waals surface area contributed by atoms with E-state index < -0.39 is 23.3 Å². The minimum atomic E-state index is -0.635. The highest BCUT2D eigenvalue weighted by molar-refractivity contribution is 6.24. The summed E-state index contributed by atoms with van der Waals surface area (Å²) in [6, 6.07) is 18.8. The molecule has 2 atom stereocenters. The van der Waals surface area contributed by atoms with E-state index in [2.05, 4.69) is 0 Å². The van der Waals surface area contributed by atoms with Crippen molar-refractivity contribution in [1.29, 1.82) is 0 Å². The first-order valence-corrected chi connectivity index (χ1v) is 12.8. The van der Waals surface area contributed by atoms with Gasteiger partial charge in [0.05, 0.1) is 18.3 Å². The highest BCUT2D eigenvalue weighted by atomic mass is 16.3. The molecule has 8 nitrogen and oxygen atoms in total. The average Bonchev–Trinajstić information content (AvgIpc) is 3.21. The molecule has 2 aliphatic carbocycles. The fourth-order valence-electron chi connectivity index (χ4n) is 6.35. The van der Waals surface area contributed by atoms with Crippen molar-refractivity contribution in [2.75, 3.05) is 0 Å². The lowest BCUT2D eigenvalue weighted by Crippen LogP contribution is -2.40. The predicted octanol–water partition coefficient (Wildman–Crippen LogP) is 3.72. The summed E-state index contributed by atoms with van der Waals surface area (Å²) < 4.78 is 3.98. The molecule has 8 heteroatoms. The lowest BCUT2D eigenvalue weighted by molar-refractivity contribution is -0.116. The van der Waals surface area contributed by atoms with Crippen LogP contribution in [-0.4, -0.2) is 30.6 Å². The van der Waals surface area contributed by atoms with Gasteiger partial charge in [-0.15, -0.1) is 0 Å². The third kappa shape index (κ3) is 3.18. The van der Waals surface area contributed by atoms with Gasteiger partial charge in [0, 0.05) is 34.4 Å². The summed E-state index contributed by atoms with van der Waals surface area (Å²) in [5.41, 5.74) is 2.17. The van der Waals surface area contributed by atoms with Gasteiger partial charge in [0.25, 0.3) is 0 Å². The Morgan fingerprint density at radius 2 is 1.56 bits per heavy atom. The molecule has 1 N–H and O–H groups in total. The number of phenols is 1. The molecular formula is C31H23N3O5. The Labute approximate surface area is 222 Å². The van der Waals surface area contributed by atoms with E-state index >= 15 is 0 Å². The van der Waals surface area contributed by atoms with Crippen LogP contribution in [0, 0.1) is 0 Å². The van der Waals surface area contributed by atoms with Crippen LogP contribution in [0.5, 0.6) is 5.75 Å². The number of hydrogen-bond donors (Lipinski definition) is 1. The van der Waals surface area contributed by atoms with Gasteiger partial charge in [-0.1, -0.05) is 54.6 Å². The van der Waals surface area contributed by atoms with Gasteiger partial charge in [-0.2, -0.15) is 0 Å². The first-order chi connectivity index (χ1) is 18.9. The van der Waals surface area contributed by atoms with Crippen molar-refractivity contribution >= 4 is 22.3 Å². The van der Waals surface area contributed by atoms with E-state index in [4.69, 9.17) is 0 Å². The van der Waals surface area contributed by atoms with Gasteiger partial charge in [-0.25, -0.2) is 23.5 Å². The zero-order valence-corrected chi connectivity index (χ0v) is 21.0. The number of benzene rings is 3. The molecule has 7 rings (SSSR count). The van der Waals surface area contributed by atoms with Crippen LogP contribution >= 0.6 is 0 Å². The molecule has 3 aromatic carbocycles. The van der Waals surface area contributed by atoms with Crippen LogP contribution in [0.15, 0.2) is 111 Å². The molecule has 0 unspecified atom stereocenters. The van der Waals surface area contributed by atoms with E-state index in [1.54, 1.807) is 49.4 Å². The maximum Gasteiger partial charge on any atom is 0.352 e. The first kappa shape index (κ1) is 23.2. The lowest BCUT2D eigenvalue weighted by Gasteiger charge is -2.40. The fourth-order valence-corrected chi connectivity index (χ4v) is 6.35. The summed E-state index contributed by atoms with van der Waals surface area (Å²) in [5.74, 6) is -0.978. The van der Waals surface area contributed by atoms with Crippen molar-refractivity contribution in [2.45, 2.75) is 31.8 Å². The normalized spacial score (nSPS) is 20.3. The van der Waals surface area contributed by atoms with E-state index in [0.29, 0.717) is 27.8 Å². The van der Waals surface area contributed by atoms with Crippen LogP contribution in [-0.2, 0) is 16.1 Å². The number of aromatic nitrogens is 3. The standard InChI is InChI=1S/C31H23N3O5/c1-17-15-26(36)23-16-24-22(13-14-32-30(38)33(31(39)34(24)32)18-7-3-2-4-8-18)27(28(23)29(17)37)21-11-12-25(35)20-10-6-5-9-19(20)21/h2-13,15,24,27,35H,14,16H2,1H3/t24-,27+/m1/s1. The Morgan fingerprint density at radius 1 is 0.846 bits per heavy atom. The Bertz CT molecular complexity index is 1970. The average molecular weight is 518 g/mol. The second kappa shape index (κ2) is 8.26. The number of allylic oxidation sites excluding steroid dienone is 6. The van der Waals surface area contributed by atoms with Gasteiger partial charge >= 0.3 is 11.4 Å². The first-order valence-electron chi connectivity index (χ1n) is 12.8. The summed E-state index contributed by atoms with van der Waals surface area (Å²) in [7, 11) is 0. The minimum absolute atomic E-state index is 0.112. The highest BCUT2D eigenvalue weighted by Gasteiger charge is 2.45. The van der Waals surface area contributed by atoms with Crippen LogP contribution < -0.4 is 11.4 Å². The van der Waals surface area contributed by atoms with Crippen LogP contribution in [0.1, 0.15) is 30.9 Å². The number of nitrogens with zero attached hydrogens (tertiary/aromatic N) is 3. The Kier molecular flexibility index (Phi) is 4.91.